The second-order valence-electron chi connectivity index (χ2n) is 8.01. The van der Waals surface area contributed by atoms with Gasteiger partial charge in [0.1, 0.15) is 0 Å². The van der Waals surface area contributed by atoms with Crippen LogP contribution in [0.2, 0.25) is 0 Å². The standard InChI is InChI=1S/C20H25F4NO4/c1-19(2,3)29-18(28)12-6-8-25(9-7-12)16-11-14(20(22,23)24)5-4-13(16)10-15(21)17(26)27/h4-5,10-12,18,28H,6-9H2,1-3H3,(H,26,27)/b15-10-. The minimum Gasteiger partial charge on any atom is -0.476 e. The van der Waals surface area contributed by atoms with Gasteiger partial charge >= 0.3 is 12.1 Å². The van der Waals surface area contributed by atoms with Crippen molar-refractivity contribution in [2.24, 2.45) is 5.92 Å². The maximum absolute atomic E-state index is 13.6. The zero-order valence-corrected chi connectivity index (χ0v) is 16.5. The van der Waals surface area contributed by atoms with E-state index in [-0.39, 0.29) is 17.2 Å². The molecule has 5 nitrogen and oxygen atoms in total. The highest BCUT2D eigenvalue weighted by atomic mass is 19.4. The van der Waals surface area contributed by atoms with Gasteiger partial charge in [0.25, 0.3) is 0 Å². The number of aliphatic hydroxyl groups excluding tert-OH is 1. The summed E-state index contributed by atoms with van der Waals surface area (Å²) in [6.07, 6.45) is -3.96. The second kappa shape index (κ2) is 8.71. The Bertz CT molecular complexity index is 763. The van der Waals surface area contributed by atoms with Crippen molar-refractivity contribution < 1.29 is 37.3 Å². The number of halogens is 4. The molecule has 162 valence electrons. The lowest BCUT2D eigenvalue weighted by atomic mass is 9.94. The van der Waals surface area contributed by atoms with Crippen molar-refractivity contribution in [2.75, 3.05) is 18.0 Å². The van der Waals surface area contributed by atoms with Crippen LogP contribution < -0.4 is 4.90 Å². The highest BCUT2D eigenvalue weighted by Gasteiger charge is 2.33. The number of hydrogen-bond acceptors (Lipinski definition) is 4. The predicted octanol–water partition coefficient (Wildman–Crippen LogP) is 4.45. The number of benzene rings is 1. The Morgan fingerprint density at radius 1 is 1.24 bits per heavy atom. The third kappa shape index (κ3) is 6.43. The highest BCUT2D eigenvalue weighted by molar-refractivity contribution is 5.91. The van der Waals surface area contributed by atoms with Crippen molar-refractivity contribution in [3.8, 4) is 0 Å². The molecule has 1 aliphatic rings. The normalized spacial score (nSPS) is 18.1. The fraction of sp³-hybridized carbons (Fsp3) is 0.550. The molecule has 2 N–H and O–H groups in total. The molecule has 1 heterocycles. The average Bonchev–Trinajstić information content (AvgIpc) is 2.59. The van der Waals surface area contributed by atoms with Crippen LogP contribution in [0.1, 0.15) is 44.7 Å². The third-order valence-corrected chi connectivity index (χ3v) is 4.60. The van der Waals surface area contributed by atoms with Crippen LogP contribution in [0.4, 0.5) is 23.2 Å². The number of hydrogen-bond donors (Lipinski definition) is 2. The van der Waals surface area contributed by atoms with Gasteiger partial charge in [-0.05, 0) is 51.8 Å². The van der Waals surface area contributed by atoms with Gasteiger partial charge in [0.2, 0.25) is 5.83 Å². The summed E-state index contributed by atoms with van der Waals surface area (Å²) >= 11 is 0. The molecule has 0 amide bonds. The first-order chi connectivity index (χ1) is 13.3. The van der Waals surface area contributed by atoms with Crippen LogP contribution in [0.3, 0.4) is 0 Å². The molecule has 1 unspecified atom stereocenters. The van der Waals surface area contributed by atoms with Crippen molar-refractivity contribution in [1.29, 1.82) is 0 Å². The Hall–Kier alpha value is -2.13. The van der Waals surface area contributed by atoms with E-state index in [0.717, 1.165) is 18.2 Å². The van der Waals surface area contributed by atoms with E-state index in [9.17, 15) is 27.5 Å². The lowest BCUT2D eigenvalue weighted by Gasteiger charge is -2.38. The fourth-order valence-electron chi connectivity index (χ4n) is 3.20. The van der Waals surface area contributed by atoms with Crippen LogP contribution in [0.25, 0.3) is 6.08 Å². The number of piperidine rings is 1. The summed E-state index contributed by atoms with van der Waals surface area (Å²) in [5, 5.41) is 19.0. The summed E-state index contributed by atoms with van der Waals surface area (Å²) in [4.78, 5) is 12.4. The first-order valence-electron chi connectivity index (χ1n) is 9.20. The van der Waals surface area contributed by atoms with Gasteiger partial charge in [-0.1, -0.05) is 6.07 Å². The topological polar surface area (TPSA) is 70.0 Å². The van der Waals surface area contributed by atoms with Crippen LogP contribution in [0.15, 0.2) is 24.0 Å². The Labute approximate surface area is 166 Å². The molecular weight excluding hydrogens is 394 g/mol. The van der Waals surface area contributed by atoms with Crippen molar-refractivity contribution >= 4 is 17.7 Å². The molecule has 0 spiro atoms. The first kappa shape index (κ1) is 23.2. The molecule has 1 atom stereocenters. The zero-order chi connectivity index (χ0) is 22.0. The SMILES string of the molecule is CC(C)(C)OC(O)C1CCN(c2cc(C(F)(F)F)ccc2/C=C(\F)C(=O)O)CC1. The van der Waals surface area contributed by atoms with Crippen molar-refractivity contribution in [2.45, 2.75) is 51.7 Å². The number of aliphatic carboxylic acids is 1. The van der Waals surface area contributed by atoms with Gasteiger partial charge in [0, 0.05) is 30.3 Å². The van der Waals surface area contributed by atoms with Gasteiger partial charge in [0.15, 0.2) is 6.29 Å². The molecule has 0 aliphatic carbocycles. The van der Waals surface area contributed by atoms with E-state index >= 15 is 0 Å². The molecule has 1 fully saturated rings. The molecule has 2 rings (SSSR count). The van der Waals surface area contributed by atoms with E-state index in [0.29, 0.717) is 32.0 Å². The first-order valence-corrected chi connectivity index (χ1v) is 9.20. The molecular formula is C20H25F4NO4. The lowest BCUT2D eigenvalue weighted by Crippen LogP contribution is -2.41. The molecule has 1 saturated heterocycles. The number of carbonyl (C=O) groups is 1. The molecule has 1 aromatic rings. The molecule has 0 aromatic heterocycles. The van der Waals surface area contributed by atoms with E-state index in [1.54, 1.807) is 4.90 Å². The smallest absolute Gasteiger partial charge is 0.416 e. The van der Waals surface area contributed by atoms with E-state index in [2.05, 4.69) is 0 Å². The number of anilines is 1. The Balaban J connectivity index is 2.26. The van der Waals surface area contributed by atoms with E-state index in [4.69, 9.17) is 9.84 Å². The van der Waals surface area contributed by atoms with Crippen molar-refractivity contribution in [3.63, 3.8) is 0 Å². The van der Waals surface area contributed by atoms with Gasteiger partial charge in [-0.25, -0.2) is 4.79 Å². The number of aliphatic hydroxyl groups is 1. The Kier molecular flexibility index (Phi) is 6.95. The number of ether oxygens (including phenoxy) is 1. The lowest BCUT2D eigenvalue weighted by molar-refractivity contribution is -0.194. The fourth-order valence-corrected chi connectivity index (χ4v) is 3.20. The molecule has 0 radical (unpaired) electrons. The van der Waals surface area contributed by atoms with Crippen LogP contribution in [0, 0.1) is 5.92 Å². The summed E-state index contributed by atoms with van der Waals surface area (Å²) in [5.74, 6) is -3.45. The third-order valence-electron chi connectivity index (χ3n) is 4.60. The van der Waals surface area contributed by atoms with Crippen LogP contribution in [0.5, 0.6) is 0 Å². The van der Waals surface area contributed by atoms with Crippen LogP contribution in [-0.4, -0.2) is 41.2 Å². The summed E-state index contributed by atoms with van der Waals surface area (Å²) < 4.78 is 58.5. The van der Waals surface area contributed by atoms with Gasteiger partial charge in [0.05, 0.1) is 11.2 Å². The minimum atomic E-state index is -4.59. The predicted molar refractivity (Wildman–Crippen MR) is 99.9 cm³/mol. The molecule has 1 aliphatic heterocycles. The summed E-state index contributed by atoms with van der Waals surface area (Å²) in [5.41, 5.74) is -1.30. The van der Waals surface area contributed by atoms with Crippen molar-refractivity contribution in [3.05, 3.63) is 35.2 Å². The number of carboxylic acids is 1. The van der Waals surface area contributed by atoms with E-state index in [1.165, 1.54) is 0 Å². The average molecular weight is 419 g/mol. The number of nitrogens with zero attached hydrogens (tertiary/aromatic N) is 1. The van der Waals surface area contributed by atoms with Crippen LogP contribution in [-0.2, 0) is 15.7 Å². The number of carboxylic acid groups (broad SMARTS) is 1. The summed E-state index contributed by atoms with van der Waals surface area (Å²) in [6.45, 7) is 6.05. The van der Waals surface area contributed by atoms with Crippen molar-refractivity contribution in [1.82, 2.24) is 0 Å². The zero-order valence-electron chi connectivity index (χ0n) is 16.5. The van der Waals surface area contributed by atoms with Crippen LogP contribution >= 0.6 is 0 Å². The van der Waals surface area contributed by atoms with Gasteiger partial charge in [-0.3, -0.25) is 0 Å². The molecule has 0 bridgehead atoms. The number of alkyl halides is 3. The maximum Gasteiger partial charge on any atom is 0.416 e. The second-order valence-corrected chi connectivity index (χ2v) is 8.01. The quantitative estimate of drug-likeness (QED) is 0.419. The largest absolute Gasteiger partial charge is 0.476 e. The molecule has 29 heavy (non-hydrogen) atoms. The maximum atomic E-state index is 13.6. The monoisotopic (exact) mass is 419 g/mol. The van der Waals surface area contributed by atoms with Gasteiger partial charge in [-0.15, -0.1) is 0 Å². The van der Waals surface area contributed by atoms with Gasteiger partial charge < -0.3 is 19.8 Å². The number of rotatable bonds is 5. The summed E-state index contributed by atoms with van der Waals surface area (Å²) in [7, 11) is 0. The molecule has 0 saturated carbocycles. The van der Waals surface area contributed by atoms with E-state index < -0.39 is 35.4 Å². The summed E-state index contributed by atoms with van der Waals surface area (Å²) in [6, 6.07) is 2.74. The minimum absolute atomic E-state index is 0.0443. The Morgan fingerprint density at radius 2 is 1.83 bits per heavy atom. The molecule has 1 aromatic carbocycles. The van der Waals surface area contributed by atoms with E-state index in [1.807, 2.05) is 20.8 Å². The molecule has 9 heteroatoms. The Morgan fingerprint density at radius 3 is 2.31 bits per heavy atom. The highest BCUT2D eigenvalue weighted by Crippen LogP contribution is 2.36. The van der Waals surface area contributed by atoms with Gasteiger partial charge in [-0.2, -0.15) is 17.6 Å².